The quantitative estimate of drug-likeness (QED) is 0.781. The molecule has 0 unspecified atom stereocenters. The fraction of sp³-hybridized carbons (Fsp3) is 0.500. The molecular weight excluding hydrogens is 252 g/mol. The highest BCUT2D eigenvalue weighted by Gasteiger charge is 2.41. The Morgan fingerprint density at radius 3 is 2.56 bits per heavy atom. The molecule has 0 radical (unpaired) electrons. The number of hydrogen-bond acceptors (Lipinski definition) is 5. The number of nitrogens with zero attached hydrogens (tertiary/aromatic N) is 2. The van der Waals surface area contributed by atoms with Gasteiger partial charge < -0.3 is 11.1 Å². The van der Waals surface area contributed by atoms with Crippen LogP contribution in [0.25, 0.3) is 0 Å². The molecule has 1 amide bonds. The Bertz CT molecular complexity index is 382. The summed E-state index contributed by atoms with van der Waals surface area (Å²) >= 11 is 0.666. The lowest BCUT2D eigenvalue weighted by atomic mass is 10.3. The molecular formula is C6H6F4N4OS. The summed E-state index contributed by atoms with van der Waals surface area (Å²) in [6, 6.07) is 0. The molecule has 0 bridgehead atoms. The van der Waals surface area contributed by atoms with E-state index in [-0.39, 0.29) is 10.1 Å². The average Bonchev–Trinajstić information content (AvgIpc) is 2.61. The number of halogens is 4. The molecule has 0 aliphatic rings. The molecule has 3 N–H and O–H groups in total. The van der Waals surface area contributed by atoms with E-state index in [0.717, 1.165) is 0 Å². The fourth-order valence-electron chi connectivity index (χ4n) is 0.677. The van der Waals surface area contributed by atoms with E-state index in [9.17, 15) is 22.4 Å². The second-order valence-corrected chi connectivity index (χ2v) is 3.70. The van der Waals surface area contributed by atoms with Crippen molar-refractivity contribution >= 4 is 22.4 Å². The van der Waals surface area contributed by atoms with Gasteiger partial charge in [0, 0.05) is 0 Å². The third-order valence-electron chi connectivity index (χ3n) is 1.44. The maximum atomic E-state index is 12.4. The topological polar surface area (TPSA) is 80.9 Å². The number of nitrogen functional groups attached to an aromatic ring is 1. The molecule has 0 saturated carbocycles. The number of anilines is 1. The number of aromatic nitrogens is 2. The van der Waals surface area contributed by atoms with Crippen molar-refractivity contribution < 1.29 is 22.4 Å². The third kappa shape index (κ3) is 3.02. The Kier molecular flexibility index (Phi) is 3.62. The first kappa shape index (κ1) is 12.6. The monoisotopic (exact) mass is 258 g/mol. The van der Waals surface area contributed by atoms with Crippen molar-refractivity contribution in [1.82, 2.24) is 15.5 Å². The van der Waals surface area contributed by atoms with Gasteiger partial charge in [-0.05, 0) is 0 Å². The smallest absolute Gasteiger partial charge is 0.324 e. The number of alkyl halides is 4. The Labute approximate surface area is 90.7 Å². The predicted octanol–water partition coefficient (Wildman–Crippen LogP) is 0.750. The first-order valence-electron chi connectivity index (χ1n) is 3.86. The second-order valence-electron chi connectivity index (χ2n) is 2.69. The van der Waals surface area contributed by atoms with Gasteiger partial charge in [0.05, 0.1) is 6.54 Å². The number of carbonyl (C=O) groups is 1. The zero-order valence-electron chi connectivity index (χ0n) is 7.58. The van der Waals surface area contributed by atoms with Crippen LogP contribution in [0.3, 0.4) is 0 Å². The summed E-state index contributed by atoms with van der Waals surface area (Å²) < 4.78 is 48.3. The van der Waals surface area contributed by atoms with E-state index >= 15 is 0 Å². The highest BCUT2D eigenvalue weighted by atomic mass is 32.1. The maximum absolute atomic E-state index is 12.4. The minimum atomic E-state index is -4.27. The number of rotatable bonds is 4. The summed E-state index contributed by atoms with van der Waals surface area (Å²) in [5.74, 6) is -5.29. The lowest BCUT2D eigenvalue weighted by molar-refractivity contribution is -0.123. The summed E-state index contributed by atoms with van der Waals surface area (Å²) in [7, 11) is 0. The van der Waals surface area contributed by atoms with Crippen molar-refractivity contribution in [2.75, 3.05) is 12.3 Å². The Hall–Kier alpha value is -1.45. The summed E-state index contributed by atoms with van der Waals surface area (Å²) in [4.78, 5) is 11.1. The average molecular weight is 258 g/mol. The zero-order valence-corrected chi connectivity index (χ0v) is 8.40. The van der Waals surface area contributed by atoms with Crippen LogP contribution in [0, 0.1) is 0 Å². The highest BCUT2D eigenvalue weighted by Crippen LogP contribution is 2.21. The molecule has 0 fully saturated rings. The van der Waals surface area contributed by atoms with Gasteiger partial charge in [-0.3, -0.25) is 4.79 Å². The van der Waals surface area contributed by atoms with Crippen LogP contribution in [0.2, 0.25) is 0 Å². The van der Waals surface area contributed by atoms with Crippen molar-refractivity contribution in [2.24, 2.45) is 0 Å². The lowest BCUT2D eigenvalue weighted by Gasteiger charge is -2.14. The molecule has 0 atom stereocenters. The van der Waals surface area contributed by atoms with Gasteiger partial charge >= 0.3 is 12.3 Å². The first-order chi connectivity index (χ1) is 7.33. The van der Waals surface area contributed by atoms with E-state index in [1.54, 1.807) is 5.32 Å². The number of nitrogens with one attached hydrogen (secondary N) is 1. The summed E-state index contributed by atoms with van der Waals surface area (Å²) in [6.07, 6.45) is -3.84. The maximum Gasteiger partial charge on any atom is 0.324 e. The largest absolute Gasteiger partial charge is 0.374 e. The summed E-state index contributed by atoms with van der Waals surface area (Å²) in [6.45, 7) is -1.47. The van der Waals surface area contributed by atoms with Gasteiger partial charge in [0.2, 0.25) is 10.1 Å². The SMILES string of the molecule is Nc1nnc(C(=O)NCC(F)(F)C(F)F)s1. The fourth-order valence-corrected chi connectivity index (χ4v) is 1.20. The van der Waals surface area contributed by atoms with E-state index in [0.29, 0.717) is 11.3 Å². The Balaban J connectivity index is 2.54. The van der Waals surface area contributed by atoms with Gasteiger partial charge in [0.1, 0.15) is 0 Å². The van der Waals surface area contributed by atoms with Crippen molar-refractivity contribution in [3.63, 3.8) is 0 Å². The van der Waals surface area contributed by atoms with Crippen LogP contribution in [0.1, 0.15) is 9.80 Å². The van der Waals surface area contributed by atoms with Crippen LogP contribution in [0.4, 0.5) is 22.7 Å². The molecule has 0 spiro atoms. The van der Waals surface area contributed by atoms with Crippen LogP contribution in [0.5, 0.6) is 0 Å². The van der Waals surface area contributed by atoms with Crippen molar-refractivity contribution in [1.29, 1.82) is 0 Å². The second kappa shape index (κ2) is 4.60. The van der Waals surface area contributed by atoms with Gasteiger partial charge in [0.25, 0.3) is 5.91 Å². The van der Waals surface area contributed by atoms with Gasteiger partial charge in [-0.25, -0.2) is 8.78 Å². The van der Waals surface area contributed by atoms with Crippen LogP contribution in [-0.2, 0) is 0 Å². The Morgan fingerprint density at radius 1 is 1.50 bits per heavy atom. The van der Waals surface area contributed by atoms with E-state index in [2.05, 4.69) is 10.2 Å². The van der Waals surface area contributed by atoms with Gasteiger partial charge in [-0.15, -0.1) is 10.2 Å². The molecule has 1 aromatic rings. The molecule has 90 valence electrons. The van der Waals surface area contributed by atoms with Crippen molar-refractivity contribution in [3.05, 3.63) is 5.01 Å². The molecule has 1 rings (SSSR count). The summed E-state index contributed by atoms with van der Waals surface area (Å²) in [5, 5.41) is 7.86. The van der Waals surface area contributed by atoms with Crippen LogP contribution in [0.15, 0.2) is 0 Å². The van der Waals surface area contributed by atoms with Crippen LogP contribution >= 0.6 is 11.3 Å². The predicted molar refractivity (Wildman–Crippen MR) is 47.6 cm³/mol. The van der Waals surface area contributed by atoms with Gasteiger partial charge in [-0.2, -0.15) is 8.78 Å². The number of nitrogens with two attached hydrogens (primary N) is 1. The van der Waals surface area contributed by atoms with Gasteiger partial charge in [0.15, 0.2) is 0 Å². The molecule has 1 aromatic heterocycles. The first-order valence-corrected chi connectivity index (χ1v) is 4.67. The molecule has 0 aromatic carbocycles. The number of carbonyl (C=O) groups excluding carboxylic acids is 1. The van der Waals surface area contributed by atoms with E-state index in [4.69, 9.17) is 5.73 Å². The van der Waals surface area contributed by atoms with E-state index in [1.807, 2.05) is 0 Å². The number of amides is 1. The molecule has 0 saturated heterocycles. The van der Waals surface area contributed by atoms with Crippen LogP contribution in [-0.4, -0.2) is 35.0 Å². The van der Waals surface area contributed by atoms with Gasteiger partial charge in [-0.1, -0.05) is 11.3 Å². The zero-order chi connectivity index (χ0) is 12.3. The molecule has 16 heavy (non-hydrogen) atoms. The van der Waals surface area contributed by atoms with E-state index in [1.165, 1.54) is 0 Å². The summed E-state index contributed by atoms with van der Waals surface area (Å²) in [5.41, 5.74) is 5.14. The van der Waals surface area contributed by atoms with Crippen LogP contribution < -0.4 is 11.1 Å². The minimum Gasteiger partial charge on any atom is -0.374 e. The highest BCUT2D eigenvalue weighted by molar-refractivity contribution is 7.16. The minimum absolute atomic E-state index is 0.0224. The van der Waals surface area contributed by atoms with Crippen molar-refractivity contribution in [2.45, 2.75) is 12.3 Å². The Morgan fingerprint density at radius 2 is 2.12 bits per heavy atom. The van der Waals surface area contributed by atoms with Crippen molar-refractivity contribution in [3.8, 4) is 0 Å². The van der Waals surface area contributed by atoms with E-state index < -0.39 is 24.8 Å². The third-order valence-corrected chi connectivity index (χ3v) is 2.19. The lowest BCUT2D eigenvalue weighted by Crippen LogP contribution is -2.41. The molecule has 5 nitrogen and oxygen atoms in total. The molecule has 1 heterocycles. The standard InChI is InChI=1S/C6H6F4N4OS/c7-4(8)6(9,10)1-12-2(15)3-13-14-5(11)16-3/h4H,1H2,(H2,11,14)(H,12,15). The molecule has 10 heteroatoms. The normalized spacial score (nSPS) is 11.8. The molecule has 0 aliphatic carbocycles. The molecule has 0 aliphatic heterocycles. The number of hydrogen-bond donors (Lipinski definition) is 2.